The van der Waals surface area contributed by atoms with Gasteiger partial charge in [-0.15, -0.1) is 0 Å². The molecule has 1 aliphatic rings. The highest BCUT2D eigenvalue weighted by Gasteiger charge is 2.26. The minimum atomic E-state index is -0.537. The minimum absolute atomic E-state index is 0.239. The van der Waals surface area contributed by atoms with Crippen LogP contribution >= 0.6 is 11.6 Å². The fraction of sp³-hybridized carbons (Fsp3) is 0.370. The first-order valence-electron chi connectivity index (χ1n) is 11.8. The predicted octanol–water partition coefficient (Wildman–Crippen LogP) is 5.45. The predicted molar refractivity (Wildman–Crippen MR) is 139 cm³/mol. The van der Waals surface area contributed by atoms with Gasteiger partial charge in [0.25, 0.3) is 5.91 Å². The molecule has 4 rings (SSSR count). The molecule has 9 heteroatoms. The lowest BCUT2D eigenvalue weighted by molar-refractivity contribution is 0.0224. The van der Waals surface area contributed by atoms with Gasteiger partial charge in [-0.05, 0) is 75.6 Å². The summed E-state index contributed by atoms with van der Waals surface area (Å²) in [5.41, 5.74) is 3.86. The van der Waals surface area contributed by atoms with Gasteiger partial charge in [0, 0.05) is 41.0 Å². The number of benzene rings is 2. The van der Waals surface area contributed by atoms with Crippen molar-refractivity contribution in [1.29, 1.82) is 0 Å². The van der Waals surface area contributed by atoms with Crippen LogP contribution in [-0.4, -0.2) is 45.9 Å². The van der Waals surface area contributed by atoms with Crippen LogP contribution < -0.4 is 10.1 Å². The van der Waals surface area contributed by atoms with Gasteiger partial charge in [-0.2, -0.15) is 5.10 Å². The highest BCUT2D eigenvalue weighted by atomic mass is 35.5. The third kappa shape index (κ3) is 5.99. The van der Waals surface area contributed by atoms with E-state index in [2.05, 4.69) is 10.4 Å². The van der Waals surface area contributed by atoms with Crippen molar-refractivity contribution in [3.63, 3.8) is 0 Å². The summed E-state index contributed by atoms with van der Waals surface area (Å²) in [5.74, 6) is 0.948. The summed E-state index contributed by atoms with van der Waals surface area (Å²) in [6, 6.07) is 12.8. The van der Waals surface area contributed by atoms with E-state index in [4.69, 9.17) is 21.1 Å². The quantitative estimate of drug-likeness (QED) is 0.493. The monoisotopic (exact) mass is 510 g/mol. The van der Waals surface area contributed by atoms with Crippen LogP contribution in [0.15, 0.2) is 42.5 Å². The van der Waals surface area contributed by atoms with Crippen molar-refractivity contribution in [3.05, 3.63) is 75.4 Å². The van der Waals surface area contributed by atoms with Gasteiger partial charge in [0.15, 0.2) is 5.82 Å². The topological polar surface area (TPSA) is 85.7 Å². The molecule has 0 spiro atoms. The van der Waals surface area contributed by atoms with E-state index < -0.39 is 5.60 Å². The third-order valence-corrected chi connectivity index (χ3v) is 6.15. The van der Waals surface area contributed by atoms with Crippen molar-refractivity contribution in [3.8, 4) is 5.75 Å². The molecule has 0 radical (unpaired) electrons. The Balaban J connectivity index is 1.43. The van der Waals surface area contributed by atoms with E-state index in [9.17, 15) is 9.59 Å². The molecule has 36 heavy (non-hydrogen) atoms. The van der Waals surface area contributed by atoms with Gasteiger partial charge in [0.2, 0.25) is 0 Å². The molecule has 2 aromatic carbocycles. The summed E-state index contributed by atoms with van der Waals surface area (Å²) in [6.07, 6.45) is 0.335. The number of ether oxygens (including phenoxy) is 2. The average molecular weight is 511 g/mol. The first-order valence-corrected chi connectivity index (χ1v) is 12.2. The molecule has 1 N–H and O–H groups in total. The molecule has 1 aliphatic heterocycles. The number of hydrogen-bond acceptors (Lipinski definition) is 5. The molecule has 0 fully saturated rings. The third-order valence-electron chi connectivity index (χ3n) is 5.92. The van der Waals surface area contributed by atoms with Crippen LogP contribution in [-0.2, 0) is 24.2 Å². The Morgan fingerprint density at radius 3 is 2.61 bits per heavy atom. The Hall–Kier alpha value is -3.52. The summed E-state index contributed by atoms with van der Waals surface area (Å²) in [5, 5.41) is 8.06. The van der Waals surface area contributed by atoms with E-state index in [1.165, 1.54) is 0 Å². The molecule has 190 valence electrons. The van der Waals surface area contributed by atoms with Gasteiger partial charge in [-0.1, -0.05) is 17.7 Å². The maximum atomic E-state index is 13.0. The smallest absolute Gasteiger partial charge is 0.410 e. The Kier molecular flexibility index (Phi) is 7.26. The highest BCUT2D eigenvalue weighted by molar-refractivity contribution is 6.30. The van der Waals surface area contributed by atoms with E-state index in [0.29, 0.717) is 42.5 Å². The number of aryl methyl sites for hydroxylation is 1. The number of halogens is 1. The van der Waals surface area contributed by atoms with Crippen LogP contribution in [0.5, 0.6) is 5.75 Å². The number of methoxy groups -OCH3 is 1. The Morgan fingerprint density at radius 2 is 1.89 bits per heavy atom. The molecule has 3 aromatic rings. The van der Waals surface area contributed by atoms with Crippen LogP contribution in [0.2, 0.25) is 5.02 Å². The Labute approximate surface area is 216 Å². The number of carbonyl (C=O) groups excluding carboxylic acids is 2. The van der Waals surface area contributed by atoms with Crippen molar-refractivity contribution in [2.45, 2.75) is 52.8 Å². The van der Waals surface area contributed by atoms with Gasteiger partial charge in [-0.25, -0.2) is 4.79 Å². The van der Waals surface area contributed by atoms with Crippen molar-refractivity contribution in [1.82, 2.24) is 14.7 Å². The summed E-state index contributed by atoms with van der Waals surface area (Å²) in [6.45, 7) is 8.95. The number of amides is 2. The van der Waals surface area contributed by atoms with E-state index in [1.807, 2.05) is 58.0 Å². The molecular weight excluding hydrogens is 480 g/mol. The first kappa shape index (κ1) is 25.6. The average Bonchev–Trinajstić information content (AvgIpc) is 3.15. The van der Waals surface area contributed by atoms with Gasteiger partial charge in [0.1, 0.15) is 11.4 Å². The molecule has 8 nitrogen and oxygen atoms in total. The first-order chi connectivity index (χ1) is 17.0. The number of anilines is 1. The molecule has 0 saturated carbocycles. The normalized spacial score (nSPS) is 13.2. The maximum Gasteiger partial charge on any atom is 0.410 e. The molecule has 0 saturated heterocycles. The zero-order valence-corrected chi connectivity index (χ0v) is 22.0. The van der Waals surface area contributed by atoms with Gasteiger partial charge in [-0.3, -0.25) is 9.48 Å². The lowest BCUT2D eigenvalue weighted by Gasteiger charge is -2.31. The summed E-state index contributed by atoms with van der Waals surface area (Å²) >= 11 is 6.15. The number of carbonyl (C=O) groups is 2. The number of rotatable bonds is 5. The summed E-state index contributed by atoms with van der Waals surface area (Å²) < 4.78 is 12.7. The van der Waals surface area contributed by atoms with E-state index in [-0.39, 0.29) is 12.0 Å². The van der Waals surface area contributed by atoms with Crippen molar-refractivity contribution in [2.75, 3.05) is 19.0 Å². The maximum absolute atomic E-state index is 13.0. The number of nitrogens with one attached hydrogen (secondary N) is 1. The standard InChI is InChI=1S/C27H31ClN4O4/c1-17-12-24(30-32(17)16-21-14-22(28)8-9-23(21)35-5)29-25(33)19-6-7-20-15-31(11-10-18(20)13-19)26(34)36-27(2,3)4/h6-9,12-14H,10-11,15-16H2,1-5H3,(H,29,30,33). The van der Waals surface area contributed by atoms with E-state index in [0.717, 1.165) is 28.1 Å². The molecule has 0 aliphatic carbocycles. The zero-order valence-electron chi connectivity index (χ0n) is 21.2. The molecule has 0 unspecified atom stereocenters. The van der Waals surface area contributed by atoms with Crippen LogP contribution in [0.25, 0.3) is 0 Å². The van der Waals surface area contributed by atoms with Crippen molar-refractivity contribution < 1.29 is 19.1 Å². The molecule has 0 atom stereocenters. The summed E-state index contributed by atoms with van der Waals surface area (Å²) in [4.78, 5) is 27.1. The largest absolute Gasteiger partial charge is 0.496 e. The van der Waals surface area contributed by atoms with Gasteiger partial charge in [0.05, 0.1) is 13.7 Å². The SMILES string of the molecule is COc1ccc(Cl)cc1Cn1nc(NC(=O)c2ccc3c(c2)CCN(C(=O)OC(C)(C)C)C3)cc1C. The lowest BCUT2D eigenvalue weighted by atomic mass is 9.97. The van der Waals surface area contributed by atoms with Crippen LogP contribution in [0, 0.1) is 6.92 Å². The second kappa shape index (κ2) is 10.2. The Bertz CT molecular complexity index is 1300. The molecule has 1 aromatic heterocycles. The summed E-state index contributed by atoms with van der Waals surface area (Å²) in [7, 11) is 1.61. The molecule has 0 bridgehead atoms. The number of aromatic nitrogens is 2. The van der Waals surface area contributed by atoms with Crippen LogP contribution in [0.3, 0.4) is 0 Å². The van der Waals surface area contributed by atoms with Gasteiger partial charge < -0.3 is 19.7 Å². The fourth-order valence-electron chi connectivity index (χ4n) is 4.13. The number of hydrogen-bond donors (Lipinski definition) is 1. The second-order valence-corrected chi connectivity index (χ2v) is 10.3. The zero-order chi connectivity index (χ0) is 26.0. The number of fused-ring (bicyclic) bond motifs is 1. The number of nitrogens with zero attached hydrogens (tertiary/aromatic N) is 3. The van der Waals surface area contributed by atoms with Crippen LogP contribution in [0.1, 0.15) is 53.5 Å². The highest BCUT2D eigenvalue weighted by Crippen LogP contribution is 2.25. The Morgan fingerprint density at radius 1 is 1.11 bits per heavy atom. The van der Waals surface area contributed by atoms with E-state index >= 15 is 0 Å². The fourth-order valence-corrected chi connectivity index (χ4v) is 4.32. The molecule has 2 heterocycles. The lowest BCUT2D eigenvalue weighted by Crippen LogP contribution is -2.39. The second-order valence-electron chi connectivity index (χ2n) is 9.87. The molecular formula is C27H31ClN4O4. The van der Waals surface area contributed by atoms with Crippen molar-refractivity contribution >= 4 is 29.4 Å². The minimum Gasteiger partial charge on any atom is -0.496 e. The van der Waals surface area contributed by atoms with E-state index in [1.54, 1.807) is 28.8 Å². The van der Waals surface area contributed by atoms with Crippen molar-refractivity contribution in [2.24, 2.45) is 0 Å². The molecule has 2 amide bonds. The van der Waals surface area contributed by atoms with Crippen LogP contribution in [0.4, 0.5) is 10.6 Å². The van der Waals surface area contributed by atoms with Gasteiger partial charge >= 0.3 is 6.09 Å².